The third kappa shape index (κ3) is 3.24. The van der Waals surface area contributed by atoms with Gasteiger partial charge in [0.1, 0.15) is 11.5 Å². The van der Waals surface area contributed by atoms with Gasteiger partial charge in [-0.1, -0.05) is 12.1 Å². The number of aliphatic hydroxyl groups is 1. The van der Waals surface area contributed by atoms with Gasteiger partial charge in [0.25, 0.3) is 5.91 Å². The van der Waals surface area contributed by atoms with E-state index in [1.807, 2.05) is 0 Å². The molecule has 2 amide bonds. The van der Waals surface area contributed by atoms with Gasteiger partial charge in [0, 0.05) is 6.54 Å². The summed E-state index contributed by atoms with van der Waals surface area (Å²) in [6.45, 7) is -0.101. The number of carbonyl (C=O) groups excluding carboxylic acids is 2. The predicted molar refractivity (Wildman–Crippen MR) is 62.7 cm³/mol. The van der Waals surface area contributed by atoms with Crippen LogP contribution in [0.25, 0.3) is 0 Å². The minimum absolute atomic E-state index is 0.101. The quantitative estimate of drug-likeness (QED) is 0.551. The highest BCUT2D eigenvalue weighted by Crippen LogP contribution is 2.35. The van der Waals surface area contributed by atoms with Crippen molar-refractivity contribution in [1.82, 2.24) is 10.8 Å². The largest absolute Gasteiger partial charge is 0.420 e. The van der Waals surface area contributed by atoms with Crippen molar-refractivity contribution < 1.29 is 32.7 Å². The molecule has 1 fully saturated rings. The van der Waals surface area contributed by atoms with Gasteiger partial charge in [0.15, 0.2) is 5.75 Å². The third-order valence-electron chi connectivity index (χ3n) is 2.89. The molecule has 114 valence electrons. The first kappa shape index (κ1) is 15.1. The molecular weight excluding hydrogens is 293 g/mol. The Labute approximate surface area is 116 Å². The molecule has 0 radical (unpaired) electrons. The number of aliphatic hydroxyl groups excluding tert-OH is 1. The number of carbonyl (C=O) groups is 2. The Kier molecular flexibility index (Phi) is 4.03. The highest BCUT2D eigenvalue weighted by Gasteiger charge is 2.40. The number of hydroxylamine groups is 1. The lowest BCUT2D eigenvalue weighted by Crippen LogP contribution is -2.41. The molecule has 0 aromatic heterocycles. The van der Waals surface area contributed by atoms with Crippen molar-refractivity contribution >= 4 is 11.8 Å². The van der Waals surface area contributed by atoms with E-state index in [2.05, 4.69) is 10.2 Å². The first-order valence-corrected chi connectivity index (χ1v) is 5.89. The molecule has 1 aliphatic rings. The number of hydrogen-bond acceptors (Lipinski definition) is 4. The summed E-state index contributed by atoms with van der Waals surface area (Å²) in [6, 6.07) is 4.28. The number of hydrogen-bond donors (Lipinski definition) is 3. The zero-order chi connectivity index (χ0) is 15.6. The van der Waals surface area contributed by atoms with Crippen molar-refractivity contribution in [2.45, 2.75) is 12.3 Å². The van der Waals surface area contributed by atoms with Crippen molar-refractivity contribution in [2.75, 3.05) is 6.54 Å². The number of benzene rings is 1. The smallest absolute Gasteiger partial charge is 0.390 e. The van der Waals surface area contributed by atoms with Gasteiger partial charge >= 0.3 is 6.18 Å². The lowest BCUT2D eigenvalue weighted by Gasteiger charge is -2.15. The second-order valence-electron chi connectivity index (χ2n) is 4.35. The molecule has 1 heterocycles. The van der Waals surface area contributed by atoms with Gasteiger partial charge in [-0.3, -0.25) is 9.59 Å². The Morgan fingerprint density at radius 1 is 1.38 bits per heavy atom. The lowest BCUT2D eigenvalue weighted by molar-refractivity contribution is -0.145. The number of para-hydroxylation sites is 1. The number of halogens is 3. The maximum absolute atomic E-state index is 12.7. The molecule has 2 unspecified atom stereocenters. The fourth-order valence-corrected chi connectivity index (χ4v) is 1.86. The Balaban J connectivity index is 2.07. The van der Waals surface area contributed by atoms with Crippen molar-refractivity contribution in [3.05, 3.63) is 29.8 Å². The predicted octanol–water partition coefficient (Wildman–Crippen LogP) is 0.222. The fraction of sp³-hybridized carbons (Fsp3) is 0.333. The topological polar surface area (TPSA) is 87.7 Å². The highest BCUT2D eigenvalue weighted by molar-refractivity contribution is 6.02. The van der Waals surface area contributed by atoms with E-state index in [0.29, 0.717) is 0 Å². The molecular formula is C12H11F3N2O4. The number of alkyl halides is 3. The number of amides is 2. The molecule has 0 spiro atoms. The van der Waals surface area contributed by atoms with Crippen molar-refractivity contribution in [2.24, 2.45) is 5.92 Å². The van der Waals surface area contributed by atoms with Gasteiger partial charge in [0.05, 0.1) is 6.10 Å². The van der Waals surface area contributed by atoms with Crippen LogP contribution in [0.4, 0.5) is 13.2 Å². The first-order chi connectivity index (χ1) is 9.80. The van der Waals surface area contributed by atoms with Crippen molar-refractivity contribution in [3.63, 3.8) is 0 Å². The van der Waals surface area contributed by atoms with E-state index < -0.39 is 41.3 Å². The molecule has 6 nitrogen and oxygen atoms in total. The number of β-amino-alcohol motifs (C(OH)–C–C–N with tert-alkyl or cyclic N) is 1. The average Bonchev–Trinajstić information content (AvgIpc) is 2.75. The van der Waals surface area contributed by atoms with Gasteiger partial charge < -0.3 is 15.3 Å². The van der Waals surface area contributed by atoms with E-state index in [4.69, 9.17) is 0 Å². The summed E-state index contributed by atoms with van der Waals surface area (Å²) >= 11 is 0. The van der Waals surface area contributed by atoms with Crippen LogP contribution in [0.2, 0.25) is 0 Å². The Morgan fingerprint density at radius 3 is 2.62 bits per heavy atom. The molecule has 1 aromatic rings. The van der Waals surface area contributed by atoms with E-state index in [1.54, 1.807) is 5.48 Å². The number of nitrogens with one attached hydrogen (secondary N) is 2. The zero-order valence-corrected chi connectivity index (χ0v) is 10.5. The monoisotopic (exact) mass is 304 g/mol. The fourth-order valence-electron chi connectivity index (χ4n) is 1.86. The van der Waals surface area contributed by atoms with Crippen LogP contribution in [0.1, 0.15) is 5.56 Å². The standard InChI is InChI=1S/C12H11F3N2O4/c13-12(14,15)6-3-1-2-4-8(6)21-17-11(20)9-7(18)5-16-10(9)19/h1-4,7,9,18H,5H2,(H,16,19)(H,17,20). The van der Waals surface area contributed by atoms with Crippen LogP contribution in [0, 0.1) is 5.92 Å². The van der Waals surface area contributed by atoms with Gasteiger partial charge in [0.2, 0.25) is 5.91 Å². The molecule has 0 bridgehead atoms. The first-order valence-electron chi connectivity index (χ1n) is 5.89. The SMILES string of the molecule is O=C1NCC(O)C1C(=O)NOc1ccccc1C(F)(F)F. The lowest BCUT2D eigenvalue weighted by atomic mass is 10.1. The minimum atomic E-state index is -4.65. The van der Waals surface area contributed by atoms with Crippen LogP contribution in [0.15, 0.2) is 24.3 Å². The molecule has 9 heteroatoms. The Hall–Kier alpha value is -2.29. The van der Waals surface area contributed by atoms with Crippen LogP contribution >= 0.6 is 0 Å². The van der Waals surface area contributed by atoms with Gasteiger partial charge in [-0.05, 0) is 12.1 Å². The molecule has 21 heavy (non-hydrogen) atoms. The summed E-state index contributed by atoms with van der Waals surface area (Å²) in [6.07, 6.45) is -5.90. The van der Waals surface area contributed by atoms with E-state index >= 15 is 0 Å². The second-order valence-corrected chi connectivity index (χ2v) is 4.35. The summed E-state index contributed by atoms with van der Waals surface area (Å²) in [4.78, 5) is 27.6. The van der Waals surface area contributed by atoms with Crippen LogP contribution < -0.4 is 15.6 Å². The van der Waals surface area contributed by atoms with E-state index in [-0.39, 0.29) is 6.54 Å². The summed E-state index contributed by atoms with van der Waals surface area (Å²) < 4.78 is 38.1. The maximum Gasteiger partial charge on any atom is 0.420 e. The molecule has 2 atom stereocenters. The molecule has 0 aliphatic carbocycles. The van der Waals surface area contributed by atoms with Gasteiger partial charge in [-0.15, -0.1) is 0 Å². The van der Waals surface area contributed by atoms with Crippen LogP contribution in [-0.2, 0) is 15.8 Å². The zero-order valence-electron chi connectivity index (χ0n) is 10.5. The molecule has 3 N–H and O–H groups in total. The van der Waals surface area contributed by atoms with Gasteiger partial charge in [-0.2, -0.15) is 18.7 Å². The Bertz CT molecular complexity index is 562. The molecule has 2 rings (SSSR count). The van der Waals surface area contributed by atoms with E-state index in [1.165, 1.54) is 12.1 Å². The average molecular weight is 304 g/mol. The van der Waals surface area contributed by atoms with Crippen LogP contribution in [0.3, 0.4) is 0 Å². The maximum atomic E-state index is 12.7. The summed E-state index contributed by atoms with van der Waals surface area (Å²) in [5, 5.41) is 11.7. The third-order valence-corrected chi connectivity index (χ3v) is 2.89. The van der Waals surface area contributed by atoms with E-state index in [0.717, 1.165) is 12.1 Å². The second kappa shape index (κ2) is 5.60. The molecule has 1 aromatic carbocycles. The number of rotatable bonds is 3. The van der Waals surface area contributed by atoms with Crippen molar-refractivity contribution in [3.8, 4) is 5.75 Å². The molecule has 1 saturated heterocycles. The van der Waals surface area contributed by atoms with Crippen LogP contribution in [0.5, 0.6) is 5.75 Å². The normalized spacial score (nSPS) is 21.8. The molecule has 0 saturated carbocycles. The summed E-state index contributed by atoms with van der Waals surface area (Å²) in [7, 11) is 0. The van der Waals surface area contributed by atoms with Crippen LogP contribution in [-0.4, -0.2) is 29.6 Å². The highest BCUT2D eigenvalue weighted by atomic mass is 19.4. The summed E-state index contributed by atoms with van der Waals surface area (Å²) in [5.74, 6) is -3.75. The minimum Gasteiger partial charge on any atom is -0.390 e. The van der Waals surface area contributed by atoms with Gasteiger partial charge in [-0.25, -0.2) is 0 Å². The molecule has 1 aliphatic heterocycles. The van der Waals surface area contributed by atoms with E-state index in [9.17, 15) is 27.9 Å². The summed E-state index contributed by atoms with van der Waals surface area (Å²) in [5.41, 5.74) is 0.687. The Morgan fingerprint density at radius 2 is 2.05 bits per heavy atom. The van der Waals surface area contributed by atoms with Crippen molar-refractivity contribution in [1.29, 1.82) is 0 Å².